The average molecular weight is 197 g/mol. The first-order valence-corrected chi connectivity index (χ1v) is 5.14. The van der Waals surface area contributed by atoms with Crippen LogP contribution in [0.2, 0.25) is 0 Å². The quantitative estimate of drug-likeness (QED) is 0.662. The van der Waals surface area contributed by atoms with Gasteiger partial charge in [0.15, 0.2) is 0 Å². The van der Waals surface area contributed by atoms with Crippen LogP contribution in [0, 0.1) is 6.92 Å². The van der Waals surface area contributed by atoms with Gasteiger partial charge in [-0.1, -0.05) is 36.4 Å². The highest BCUT2D eigenvalue weighted by molar-refractivity contribution is 5.66. The molecule has 76 valence electrons. The second-order valence-corrected chi connectivity index (χ2v) is 3.71. The first-order valence-electron chi connectivity index (χ1n) is 5.14. The molecule has 0 fully saturated rings. The summed E-state index contributed by atoms with van der Waals surface area (Å²) in [6, 6.07) is 10.5. The zero-order chi connectivity index (χ0) is 10.7. The van der Waals surface area contributed by atoms with Crippen molar-refractivity contribution < 1.29 is 0 Å². The van der Waals surface area contributed by atoms with Gasteiger partial charge in [0.05, 0.1) is 0 Å². The fourth-order valence-corrected chi connectivity index (χ4v) is 1.80. The third-order valence-electron chi connectivity index (χ3n) is 2.50. The van der Waals surface area contributed by atoms with E-state index in [1.807, 2.05) is 12.1 Å². The molecule has 1 aromatic carbocycles. The molecule has 0 aliphatic rings. The van der Waals surface area contributed by atoms with E-state index >= 15 is 0 Å². The molecule has 0 saturated heterocycles. The molecule has 0 spiro atoms. The van der Waals surface area contributed by atoms with Crippen LogP contribution < -0.4 is 0 Å². The first kappa shape index (κ1) is 9.78. The third kappa shape index (κ3) is 2.01. The van der Waals surface area contributed by atoms with Gasteiger partial charge in [-0.25, -0.2) is 0 Å². The molecule has 0 saturated carbocycles. The van der Waals surface area contributed by atoms with Crippen LogP contribution in [-0.4, -0.2) is 4.57 Å². The summed E-state index contributed by atoms with van der Waals surface area (Å²) in [5.74, 6) is 0. The van der Waals surface area contributed by atoms with E-state index < -0.39 is 0 Å². The maximum absolute atomic E-state index is 3.75. The highest BCUT2D eigenvalue weighted by Crippen LogP contribution is 2.23. The number of rotatable bonds is 3. The summed E-state index contributed by atoms with van der Waals surface area (Å²) in [6.07, 6.45) is 6.24. The van der Waals surface area contributed by atoms with Crippen LogP contribution in [0.4, 0.5) is 0 Å². The maximum atomic E-state index is 3.75. The van der Waals surface area contributed by atoms with Gasteiger partial charge in [0.1, 0.15) is 0 Å². The van der Waals surface area contributed by atoms with E-state index in [1.54, 1.807) is 0 Å². The van der Waals surface area contributed by atoms with Gasteiger partial charge in [0.2, 0.25) is 0 Å². The lowest BCUT2D eigenvalue weighted by molar-refractivity contribution is 0.830. The smallest absolute Gasteiger partial charge is 0.0398 e. The normalized spacial score (nSPS) is 10.2. The van der Waals surface area contributed by atoms with Gasteiger partial charge >= 0.3 is 0 Å². The molecule has 0 radical (unpaired) electrons. The highest BCUT2D eigenvalue weighted by atomic mass is 14.9. The maximum Gasteiger partial charge on any atom is 0.0398 e. The fourth-order valence-electron chi connectivity index (χ4n) is 1.80. The minimum absolute atomic E-state index is 0.869. The van der Waals surface area contributed by atoms with Crippen LogP contribution in [0.25, 0.3) is 11.1 Å². The Bertz CT molecular complexity index is 451. The van der Waals surface area contributed by atoms with Crippen molar-refractivity contribution in [2.45, 2.75) is 13.5 Å². The number of benzene rings is 1. The number of aryl methyl sites for hydroxylation is 1. The van der Waals surface area contributed by atoms with E-state index in [0.717, 1.165) is 6.54 Å². The summed E-state index contributed by atoms with van der Waals surface area (Å²) in [5.41, 5.74) is 3.89. The molecule has 1 heterocycles. The minimum Gasteiger partial charge on any atom is -0.350 e. The van der Waals surface area contributed by atoms with E-state index in [4.69, 9.17) is 0 Å². The topological polar surface area (TPSA) is 4.93 Å². The zero-order valence-corrected chi connectivity index (χ0v) is 8.98. The molecule has 0 atom stereocenters. The number of allylic oxidation sites excluding steroid dienone is 1. The van der Waals surface area contributed by atoms with Gasteiger partial charge in [0.25, 0.3) is 0 Å². The van der Waals surface area contributed by atoms with Crippen LogP contribution in [0.1, 0.15) is 5.56 Å². The Morgan fingerprint density at radius 3 is 2.60 bits per heavy atom. The number of hydrogen-bond donors (Lipinski definition) is 0. The molecular formula is C14H15N. The minimum atomic E-state index is 0.869. The Morgan fingerprint density at radius 2 is 1.93 bits per heavy atom. The molecule has 0 aliphatic carbocycles. The zero-order valence-electron chi connectivity index (χ0n) is 8.98. The summed E-state index contributed by atoms with van der Waals surface area (Å²) in [5, 5.41) is 0. The summed E-state index contributed by atoms with van der Waals surface area (Å²) in [6.45, 7) is 6.76. The predicted molar refractivity (Wildman–Crippen MR) is 64.8 cm³/mol. The van der Waals surface area contributed by atoms with E-state index in [1.165, 1.54) is 16.7 Å². The molecule has 0 N–H and O–H groups in total. The van der Waals surface area contributed by atoms with Crippen LogP contribution in [0.15, 0.2) is 55.4 Å². The summed E-state index contributed by atoms with van der Waals surface area (Å²) < 4.78 is 2.16. The van der Waals surface area contributed by atoms with Gasteiger partial charge in [-0.2, -0.15) is 0 Å². The molecule has 2 aromatic rings. The molecular weight excluding hydrogens is 182 g/mol. The summed E-state index contributed by atoms with van der Waals surface area (Å²) >= 11 is 0. The lowest BCUT2D eigenvalue weighted by Gasteiger charge is -1.98. The monoisotopic (exact) mass is 197 g/mol. The standard InChI is InChI=1S/C14H15N/c1-3-9-15-10-12(2)14(11-15)13-7-5-4-6-8-13/h3-8,10-11H,1,9H2,2H3. The molecule has 1 nitrogen and oxygen atoms in total. The van der Waals surface area contributed by atoms with Crippen molar-refractivity contribution in [3.63, 3.8) is 0 Å². The Balaban J connectivity index is 2.40. The second-order valence-electron chi connectivity index (χ2n) is 3.71. The molecule has 1 aromatic heterocycles. The molecule has 0 bridgehead atoms. The molecule has 2 rings (SSSR count). The lowest BCUT2D eigenvalue weighted by atomic mass is 10.1. The van der Waals surface area contributed by atoms with Crippen LogP contribution in [-0.2, 0) is 6.54 Å². The van der Waals surface area contributed by atoms with E-state index in [9.17, 15) is 0 Å². The SMILES string of the molecule is C=CCn1cc(C)c(-c2ccccc2)c1. The number of hydrogen-bond acceptors (Lipinski definition) is 0. The Hall–Kier alpha value is -1.76. The number of nitrogens with zero attached hydrogens (tertiary/aromatic N) is 1. The van der Waals surface area contributed by atoms with E-state index in [0.29, 0.717) is 0 Å². The lowest BCUT2D eigenvalue weighted by Crippen LogP contribution is -1.88. The molecule has 1 heteroatoms. The average Bonchev–Trinajstić information content (AvgIpc) is 2.61. The fraction of sp³-hybridized carbons (Fsp3) is 0.143. The Labute approximate surface area is 90.7 Å². The Morgan fingerprint density at radius 1 is 1.20 bits per heavy atom. The molecule has 15 heavy (non-hydrogen) atoms. The van der Waals surface area contributed by atoms with Crippen molar-refractivity contribution in [1.82, 2.24) is 4.57 Å². The second kappa shape index (κ2) is 4.18. The van der Waals surface area contributed by atoms with Gasteiger partial charge < -0.3 is 4.57 Å². The van der Waals surface area contributed by atoms with Gasteiger partial charge in [0, 0.05) is 24.5 Å². The molecule has 0 amide bonds. The van der Waals surface area contributed by atoms with Crippen LogP contribution >= 0.6 is 0 Å². The number of aromatic nitrogens is 1. The van der Waals surface area contributed by atoms with E-state index in [-0.39, 0.29) is 0 Å². The third-order valence-corrected chi connectivity index (χ3v) is 2.50. The van der Waals surface area contributed by atoms with Crippen LogP contribution in [0.3, 0.4) is 0 Å². The van der Waals surface area contributed by atoms with Crippen molar-refractivity contribution in [3.05, 3.63) is 60.9 Å². The Kier molecular flexibility index (Phi) is 2.72. The van der Waals surface area contributed by atoms with Gasteiger partial charge in [-0.15, -0.1) is 6.58 Å². The predicted octanol–water partition coefficient (Wildman–Crippen LogP) is 3.65. The first-order chi connectivity index (χ1) is 7.31. The van der Waals surface area contributed by atoms with Crippen molar-refractivity contribution in [3.8, 4) is 11.1 Å². The summed E-state index contributed by atoms with van der Waals surface area (Å²) in [7, 11) is 0. The highest BCUT2D eigenvalue weighted by Gasteiger charge is 2.03. The largest absolute Gasteiger partial charge is 0.350 e. The van der Waals surface area contributed by atoms with Crippen molar-refractivity contribution in [1.29, 1.82) is 0 Å². The van der Waals surface area contributed by atoms with Crippen molar-refractivity contribution >= 4 is 0 Å². The molecule has 0 aliphatic heterocycles. The van der Waals surface area contributed by atoms with Crippen molar-refractivity contribution in [2.24, 2.45) is 0 Å². The summed E-state index contributed by atoms with van der Waals surface area (Å²) in [4.78, 5) is 0. The van der Waals surface area contributed by atoms with Gasteiger partial charge in [-0.3, -0.25) is 0 Å². The van der Waals surface area contributed by atoms with Crippen molar-refractivity contribution in [2.75, 3.05) is 0 Å². The van der Waals surface area contributed by atoms with Gasteiger partial charge in [-0.05, 0) is 18.1 Å². The van der Waals surface area contributed by atoms with Crippen LogP contribution in [0.5, 0.6) is 0 Å². The molecule has 0 unspecified atom stereocenters. The van der Waals surface area contributed by atoms with E-state index in [2.05, 4.69) is 54.7 Å².